The van der Waals surface area contributed by atoms with Crippen LogP contribution in [0.4, 0.5) is 10.5 Å². The number of carbonyl (C=O) groups is 2. The molecule has 0 atom stereocenters. The Morgan fingerprint density at radius 1 is 1.04 bits per heavy atom. The van der Waals surface area contributed by atoms with Crippen molar-refractivity contribution in [2.24, 2.45) is 5.73 Å². The van der Waals surface area contributed by atoms with E-state index in [4.69, 9.17) is 5.73 Å². The first kappa shape index (κ1) is 18.9. The summed E-state index contributed by atoms with van der Waals surface area (Å²) in [5.41, 5.74) is 9.20. The maximum Gasteiger partial charge on any atom is 0.316 e. The number of amides is 3. The lowest BCUT2D eigenvalue weighted by molar-refractivity contribution is -0.120. The van der Waals surface area contributed by atoms with Crippen molar-refractivity contribution >= 4 is 29.4 Å². The predicted octanol–water partition coefficient (Wildman–Crippen LogP) is 3.59. The lowest BCUT2D eigenvalue weighted by atomic mass is 10.1. The van der Waals surface area contributed by atoms with Crippen molar-refractivity contribution < 1.29 is 9.59 Å². The number of hydrogen-bond donors (Lipinski definition) is 3. The van der Waals surface area contributed by atoms with Gasteiger partial charge in [-0.3, -0.25) is 4.79 Å². The fraction of sp³-hybridized carbons (Fsp3) is 0.263. The van der Waals surface area contributed by atoms with Crippen LogP contribution in [0.5, 0.6) is 0 Å². The Hall–Kier alpha value is -2.47. The van der Waals surface area contributed by atoms with Crippen molar-refractivity contribution in [2.75, 3.05) is 11.1 Å². The van der Waals surface area contributed by atoms with Gasteiger partial charge in [0.1, 0.15) is 0 Å². The predicted molar refractivity (Wildman–Crippen MR) is 103 cm³/mol. The zero-order valence-corrected chi connectivity index (χ0v) is 15.3. The smallest absolute Gasteiger partial charge is 0.316 e. The van der Waals surface area contributed by atoms with E-state index in [9.17, 15) is 9.59 Å². The zero-order chi connectivity index (χ0) is 18.2. The van der Waals surface area contributed by atoms with E-state index in [1.807, 2.05) is 12.1 Å². The second kappa shape index (κ2) is 9.13. The zero-order valence-electron chi connectivity index (χ0n) is 14.5. The second-order valence-corrected chi connectivity index (χ2v) is 6.98. The van der Waals surface area contributed by atoms with Gasteiger partial charge >= 0.3 is 6.03 Å². The molecule has 0 aliphatic carbocycles. The molecule has 0 saturated heterocycles. The Bertz CT molecular complexity index is 745. The van der Waals surface area contributed by atoms with Crippen molar-refractivity contribution in [3.05, 3.63) is 59.2 Å². The number of hydrogen-bond acceptors (Lipinski definition) is 3. The van der Waals surface area contributed by atoms with Crippen LogP contribution < -0.4 is 16.4 Å². The van der Waals surface area contributed by atoms with E-state index in [1.165, 1.54) is 16.0 Å². The van der Waals surface area contributed by atoms with Gasteiger partial charge in [0.05, 0.1) is 0 Å². The Morgan fingerprint density at radius 3 is 2.40 bits per heavy atom. The van der Waals surface area contributed by atoms with Gasteiger partial charge in [-0.2, -0.15) is 0 Å². The maximum atomic E-state index is 11.9. The Kier molecular flexibility index (Phi) is 6.89. The SMILES string of the molecule is Cc1ccc(SCCC(=O)NCc2ccc(NC(N)=O)cc2)cc1C. The van der Waals surface area contributed by atoms with E-state index in [1.54, 1.807) is 23.9 Å². The summed E-state index contributed by atoms with van der Waals surface area (Å²) >= 11 is 1.69. The van der Waals surface area contributed by atoms with E-state index in [0.29, 0.717) is 18.7 Å². The number of primary amides is 1. The first-order valence-electron chi connectivity index (χ1n) is 8.06. The quantitative estimate of drug-likeness (QED) is 0.662. The summed E-state index contributed by atoms with van der Waals surface area (Å²) in [6.07, 6.45) is 0.471. The molecule has 3 amide bonds. The minimum Gasteiger partial charge on any atom is -0.352 e. The molecule has 0 radical (unpaired) electrons. The summed E-state index contributed by atoms with van der Waals surface area (Å²) in [7, 11) is 0. The molecule has 0 saturated carbocycles. The Labute approximate surface area is 152 Å². The van der Waals surface area contributed by atoms with Crippen molar-refractivity contribution in [1.82, 2.24) is 5.32 Å². The molecule has 132 valence electrons. The van der Waals surface area contributed by atoms with Gasteiger partial charge in [0.15, 0.2) is 0 Å². The first-order chi connectivity index (χ1) is 11.9. The van der Waals surface area contributed by atoms with Gasteiger partial charge < -0.3 is 16.4 Å². The lowest BCUT2D eigenvalue weighted by Gasteiger charge is -2.08. The molecule has 0 spiro atoms. The van der Waals surface area contributed by atoms with Gasteiger partial charge in [0.2, 0.25) is 5.91 Å². The van der Waals surface area contributed by atoms with E-state index in [2.05, 4.69) is 42.7 Å². The minimum atomic E-state index is -0.595. The van der Waals surface area contributed by atoms with Crippen LogP contribution in [-0.2, 0) is 11.3 Å². The van der Waals surface area contributed by atoms with Crippen LogP contribution in [-0.4, -0.2) is 17.7 Å². The summed E-state index contributed by atoms with van der Waals surface area (Å²) in [5.74, 6) is 0.770. The number of nitrogens with one attached hydrogen (secondary N) is 2. The van der Waals surface area contributed by atoms with Gasteiger partial charge in [0, 0.05) is 29.3 Å². The minimum absolute atomic E-state index is 0.0238. The second-order valence-electron chi connectivity index (χ2n) is 5.81. The number of rotatable bonds is 7. The summed E-state index contributed by atoms with van der Waals surface area (Å²) in [6.45, 7) is 4.65. The summed E-state index contributed by atoms with van der Waals surface area (Å²) < 4.78 is 0. The molecule has 2 aromatic carbocycles. The van der Waals surface area contributed by atoms with Crippen molar-refractivity contribution in [3.63, 3.8) is 0 Å². The number of urea groups is 1. The van der Waals surface area contributed by atoms with Crippen LogP contribution >= 0.6 is 11.8 Å². The van der Waals surface area contributed by atoms with Crippen LogP contribution in [0.3, 0.4) is 0 Å². The van der Waals surface area contributed by atoms with Crippen LogP contribution in [0.25, 0.3) is 0 Å². The fourth-order valence-corrected chi connectivity index (χ4v) is 3.15. The average Bonchev–Trinajstić information content (AvgIpc) is 2.57. The highest BCUT2D eigenvalue weighted by molar-refractivity contribution is 7.99. The lowest BCUT2D eigenvalue weighted by Crippen LogP contribution is -2.23. The monoisotopic (exact) mass is 357 g/mol. The number of carbonyl (C=O) groups excluding carboxylic acids is 2. The molecule has 0 aliphatic heterocycles. The summed E-state index contributed by atoms with van der Waals surface area (Å²) in [5, 5.41) is 5.40. The molecule has 0 fully saturated rings. The van der Waals surface area contributed by atoms with Crippen molar-refractivity contribution in [3.8, 4) is 0 Å². The number of anilines is 1. The Morgan fingerprint density at radius 2 is 1.76 bits per heavy atom. The third-order valence-corrected chi connectivity index (χ3v) is 4.78. The molecule has 0 heterocycles. The first-order valence-corrected chi connectivity index (χ1v) is 9.05. The molecule has 0 aromatic heterocycles. The van der Waals surface area contributed by atoms with Gasteiger partial charge in [-0.25, -0.2) is 4.79 Å². The molecule has 4 N–H and O–H groups in total. The van der Waals surface area contributed by atoms with Crippen molar-refractivity contribution in [2.45, 2.75) is 31.7 Å². The van der Waals surface area contributed by atoms with Crippen LogP contribution in [0.15, 0.2) is 47.4 Å². The van der Waals surface area contributed by atoms with Crippen LogP contribution in [0, 0.1) is 13.8 Å². The van der Waals surface area contributed by atoms with Gasteiger partial charge in [-0.1, -0.05) is 18.2 Å². The van der Waals surface area contributed by atoms with Crippen LogP contribution in [0.2, 0.25) is 0 Å². The van der Waals surface area contributed by atoms with Gasteiger partial charge in [-0.05, 0) is 54.8 Å². The highest BCUT2D eigenvalue weighted by atomic mass is 32.2. The number of thioether (sulfide) groups is 1. The third-order valence-electron chi connectivity index (χ3n) is 3.79. The number of benzene rings is 2. The standard InChI is InChI=1S/C19H23N3O2S/c1-13-3-8-17(11-14(13)2)25-10-9-18(23)21-12-15-4-6-16(7-5-15)22-19(20)24/h3-8,11H,9-10,12H2,1-2H3,(H,21,23)(H3,20,22,24). The van der Waals surface area contributed by atoms with E-state index in [0.717, 1.165) is 11.3 Å². The van der Waals surface area contributed by atoms with Crippen LogP contribution in [0.1, 0.15) is 23.1 Å². The summed E-state index contributed by atoms with van der Waals surface area (Å²) in [4.78, 5) is 23.9. The van der Waals surface area contributed by atoms with E-state index < -0.39 is 6.03 Å². The molecule has 0 aliphatic rings. The van der Waals surface area contributed by atoms with Gasteiger partial charge in [-0.15, -0.1) is 11.8 Å². The van der Waals surface area contributed by atoms with Gasteiger partial charge in [0.25, 0.3) is 0 Å². The largest absolute Gasteiger partial charge is 0.352 e. The molecule has 5 nitrogen and oxygen atoms in total. The molecular weight excluding hydrogens is 334 g/mol. The van der Waals surface area contributed by atoms with Crippen molar-refractivity contribution in [1.29, 1.82) is 0 Å². The van der Waals surface area contributed by atoms with E-state index >= 15 is 0 Å². The molecule has 2 rings (SSSR count). The molecule has 0 bridgehead atoms. The maximum absolute atomic E-state index is 11.9. The number of nitrogens with two attached hydrogens (primary N) is 1. The molecule has 6 heteroatoms. The topological polar surface area (TPSA) is 84.2 Å². The van der Waals surface area contributed by atoms with E-state index in [-0.39, 0.29) is 5.91 Å². The highest BCUT2D eigenvalue weighted by Crippen LogP contribution is 2.21. The molecular formula is C19H23N3O2S. The average molecular weight is 357 g/mol. The summed E-state index contributed by atoms with van der Waals surface area (Å²) in [6, 6.07) is 12.9. The third kappa shape index (κ3) is 6.51. The fourth-order valence-electron chi connectivity index (χ4n) is 2.20. The molecule has 25 heavy (non-hydrogen) atoms. The number of aryl methyl sites for hydroxylation is 2. The normalized spacial score (nSPS) is 10.3. The molecule has 2 aromatic rings. The Balaban J connectivity index is 1.71. The molecule has 0 unspecified atom stereocenters. The highest BCUT2D eigenvalue weighted by Gasteiger charge is 2.04.